The molecule has 14 heavy (non-hydrogen) atoms. The minimum absolute atomic E-state index is 0.689. The Morgan fingerprint density at radius 3 is 3.21 bits per heavy atom. The van der Waals surface area contributed by atoms with Gasteiger partial charge in [-0.1, -0.05) is 12.1 Å². The van der Waals surface area contributed by atoms with Crippen molar-refractivity contribution < 1.29 is 4.74 Å². The van der Waals surface area contributed by atoms with Crippen molar-refractivity contribution in [1.29, 1.82) is 0 Å². The molecular formula is C11H16N2O. The number of fused-ring (bicyclic) bond motifs is 1. The van der Waals surface area contributed by atoms with Gasteiger partial charge in [0, 0.05) is 26.1 Å². The van der Waals surface area contributed by atoms with Gasteiger partial charge in [0.15, 0.2) is 0 Å². The van der Waals surface area contributed by atoms with Crippen LogP contribution in [0, 0.1) is 0 Å². The standard InChI is InChI=1S/C11H16N2O/c12-4-5-13-8-9-1-2-11-10(7-9)3-6-14-11/h1-2,7,13H,3-6,8,12H2. The van der Waals surface area contributed by atoms with Crippen LogP contribution in [-0.4, -0.2) is 19.7 Å². The lowest BCUT2D eigenvalue weighted by Crippen LogP contribution is -2.21. The van der Waals surface area contributed by atoms with Gasteiger partial charge in [0.25, 0.3) is 0 Å². The van der Waals surface area contributed by atoms with Crippen molar-refractivity contribution in [1.82, 2.24) is 5.32 Å². The van der Waals surface area contributed by atoms with Crippen LogP contribution in [0.25, 0.3) is 0 Å². The molecule has 0 saturated carbocycles. The van der Waals surface area contributed by atoms with Crippen LogP contribution in [0.3, 0.4) is 0 Å². The molecule has 3 heteroatoms. The predicted molar refractivity (Wildman–Crippen MR) is 56.4 cm³/mol. The summed E-state index contributed by atoms with van der Waals surface area (Å²) in [6.45, 7) is 3.28. The molecule has 0 bridgehead atoms. The van der Waals surface area contributed by atoms with Gasteiger partial charge in [-0.25, -0.2) is 0 Å². The van der Waals surface area contributed by atoms with E-state index in [4.69, 9.17) is 10.5 Å². The van der Waals surface area contributed by atoms with E-state index in [2.05, 4.69) is 23.5 Å². The number of nitrogens with two attached hydrogens (primary N) is 1. The molecule has 1 aliphatic heterocycles. The highest BCUT2D eigenvalue weighted by molar-refractivity contribution is 5.39. The summed E-state index contributed by atoms with van der Waals surface area (Å²) in [6, 6.07) is 6.38. The van der Waals surface area contributed by atoms with Crippen molar-refractivity contribution >= 4 is 0 Å². The lowest BCUT2D eigenvalue weighted by atomic mass is 10.1. The molecule has 76 valence electrons. The first-order chi connectivity index (χ1) is 6.90. The second-order valence-electron chi connectivity index (χ2n) is 3.51. The molecule has 0 aromatic heterocycles. The lowest BCUT2D eigenvalue weighted by molar-refractivity contribution is 0.357. The smallest absolute Gasteiger partial charge is 0.122 e. The molecule has 0 aliphatic carbocycles. The monoisotopic (exact) mass is 192 g/mol. The summed E-state index contributed by atoms with van der Waals surface area (Å²) < 4.78 is 5.44. The Morgan fingerprint density at radius 2 is 2.36 bits per heavy atom. The fourth-order valence-corrected chi connectivity index (χ4v) is 1.68. The van der Waals surface area contributed by atoms with E-state index < -0.39 is 0 Å². The number of hydrogen-bond acceptors (Lipinski definition) is 3. The Labute approximate surface area is 84.3 Å². The molecule has 0 unspecified atom stereocenters. The molecule has 3 N–H and O–H groups in total. The van der Waals surface area contributed by atoms with Crippen molar-refractivity contribution in [2.24, 2.45) is 5.73 Å². The first-order valence-electron chi connectivity index (χ1n) is 5.05. The molecule has 0 radical (unpaired) electrons. The summed E-state index contributed by atoms with van der Waals surface area (Å²) in [5.41, 5.74) is 8.04. The molecule has 0 amide bonds. The SMILES string of the molecule is NCCNCc1ccc2c(c1)CCO2. The average molecular weight is 192 g/mol. The quantitative estimate of drug-likeness (QED) is 0.689. The topological polar surface area (TPSA) is 47.3 Å². The van der Waals surface area contributed by atoms with Gasteiger partial charge in [0.05, 0.1) is 6.61 Å². The molecule has 0 fully saturated rings. The van der Waals surface area contributed by atoms with Crippen molar-refractivity contribution in [2.45, 2.75) is 13.0 Å². The van der Waals surface area contributed by atoms with Crippen molar-refractivity contribution in [3.8, 4) is 5.75 Å². The molecular weight excluding hydrogens is 176 g/mol. The van der Waals surface area contributed by atoms with Crippen LogP contribution in [0.1, 0.15) is 11.1 Å². The highest BCUT2D eigenvalue weighted by atomic mass is 16.5. The zero-order valence-corrected chi connectivity index (χ0v) is 8.25. The van der Waals surface area contributed by atoms with E-state index in [9.17, 15) is 0 Å². The minimum Gasteiger partial charge on any atom is -0.493 e. The van der Waals surface area contributed by atoms with E-state index in [1.807, 2.05) is 0 Å². The fraction of sp³-hybridized carbons (Fsp3) is 0.455. The third-order valence-electron chi connectivity index (χ3n) is 2.40. The molecule has 1 heterocycles. The van der Waals surface area contributed by atoms with Crippen LogP contribution in [0.2, 0.25) is 0 Å². The first-order valence-corrected chi connectivity index (χ1v) is 5.05. The van der Waals surface area contributed by atoms with E-state index in [0.29, 0.717) is 6.54 Å². The Balaban J connectivity index is 1.98. The van der Waals surface area contributed by atoms with E-state index in [1.54, 1.807) is 0 Å². The average Bonchev–Trinajstić information content (AvgIpc) is 2.65. The molecule has 1 aliphatic rings. The summed E-state index contributed by atoms with van der Waals surface area (Å²) in [5.74, 6) is 1.05. The van der Waals surface area contributed by atoms with Crippen LogP contribution in [-0.2, 0) is 13.0 Å². The largest absolute Gasteiger partial charge is 0.493 e. The maximum absolute atomic E-state index is 5.44. The minimum atomic E-state index is 0.689. The number of rotatable bonds is 4. The highest BCUT2D eigenvalue weighted by Gasteiger charge is 2.11. The van der Waals surface area contributed by atoms with Gasteiger partial charge in [-0.15, -0.1) is 0 Å². The predicted octanol–water partition coefficient (Wildman–Crippen LogP) is 0.670. The normalized spacial score (nSPS) is 13.8. The van der Waals surface area contributed by atoms with Crippen LogP contribution >= 0.6 is 0 Å². The number of benzene rings is 1. The van der Waals surface area contributed by atoms with E-state index in [1.165, 1.54) is 11.1 Å². The van der Waals surface area contributed by atoms with Crippen LogP contribution in [0.4, 0.5) is 0 Å². The van der Waals surface area contributed by atoms with Crippen molar-refractivity contribution in [2.75, 3.05) is 19.7 Å². The second-order valence-corrected chi connectivity index (χ2v) is 3.51. The van der Waals surface area contributed by atoms with Crippen LogP contribution in [0.15, 0.2) is 18.2 Å². The molecule has 0 spiro atoms. The molecule has 0 atom stereocenters. The molecule has 0 saturated heterocycles. The van der Waals surface area contributed by atoms with E-state index in [-0.39, 0.29) is 0 Å². The van der Waals surface area contributed by atoms with Crippen LogP contribution in [0.5, 0.6) is 5.75 Å². The van der Waals surface area contributed by atoms with Gasteiger partial charge < -0.3 is 15.8 Å². The third kappa shape index (κ3) is 2.05. The Bertz CT molecular complexity index is 312. The lowest BCUT2D eigenvalue weighted by Gasteiger charge is -2.05. The number of ether oxygens (including phenoxy) is 1. The Kier molecular flexibility index (Phi) is 3.01. The third-order valence-corrected chi connectivity index (χ3v) is 2.40. The second kappa shape index (κ2) is 4.44. The maximum Gasteiger partial charge on any atom is 0.122 e. The Morgan fingerprint density at radius 1 is 1.43 bits per heavy atom. The van der Waals surface area contributed by atoms with Gasteiger partial charge in [-0.3, -0.25) is 0 Å². The summed E-state index contributed by atoms with van der Waals surface area (Å²) in [4.78, 5) is 0. The van der Waals surface area contributed by atoms with Gasteiger partial charge in [0.1, 0.15) is 5.75 Å². The zero-order valence-electron chi connectivity index (χ0n) is 8.25. The van der Waals surface area contributed by atoms with Gasteiger partial charge in [-0.05, 0) is 17.2 Å². The van der Waals surface area contributed by atoms with E-state index in [0.717, 1.165) is 31.9 Å². The number of hydrogen-bond donors (Lipinski definition) is 2. The summed E-state index contributed by atoms with van der Waals surface area (Å²) in [5, 5.41) is 3.28. The summed E-state index contributed by atoms with van der Waals surface area (Å²) in [6.07, 6.45) is 1.04. The van der Waals surface area contributed by atoms with E-state index >= 15 is 0 Å². The van der Waals surface area contributed by atoms with Gasteiger partial charge >= 0.3 is 0 Å². The molecule has 1 aromatic carbocycles. The fourth-order valence-electron chi connectivity index (χ4n) is 1.68. The van der Waals surface area contributed by atoms with Gasteiger partial charge in [-0.2, -0.15) is 0 Å². The van der Waals surface area contributed by atoms with Crippen molar-refractivity contribution in [3.63, 3.8) is 0 Å². The molecule has 1 aromatic rings. The maximum atomic E-state index is 5.44. The zero-order chi connectivity index (χ0) is 9.80. The Hall–Kier alpha value is -1.06. The summed E-state index contributed by atoms with van der Waals surface area (Å²) in [7, 11) is 0. The van der Waals surface area contributed by atoms with Crippen LogP contribution < -0.4 is 15.8 Å². The molecule has 2 rings (SSSR count). The molecule has 3 nitrogen and oxygen atoms in total. The first kappa shape index (κ1) is 9.49. The highest BCUT2D eigenvalue weighted by Crippen LogP contribution is 2.25. The number of nitrogens with one attached hydrogen (secondary N) is 1. The van der Waals surface area contributed by atoms with Gasteiger partial charge in [0.2, 0.25) is 0 Å². The van der Waals surface area contributed by atoms with Crippen molar-refractivity contribution in [3.05, 3.63) is 29.3 Å². The summed E-state index contributed by atoms with van der Waals surface area (Å²) >= 11 is 0.